The molecule has 1 atom stereocenters. The molecule has 3 heteroatoms. The van der Waals surface area contributed by atoms with Crippen molar-refractivity contribution in [1.82, 2.24) is 10.2 Å². The van der Waals surface area contributed by atoms with Crippen molar-refractivity contribution in [2.75, 3.05) is 20.6 Å². The Morgan fingerprint density at radius 3 is 2.50 bits per heavy atom. The molecule has 3 nitrogen and oxygen atoms in total. The summed E-state index contributed by atoms with van der Waals surface area (Å²) in [6, 6.07) is 10.5. The molecule has 0 aliphatic rings. The van der Waals surface area contributed by atoms with Gasteiger partial charge >= 0.3 is 0 Å². The first-order valence-electron chi connectivity index (χ1n) is 5.59. The first kappa shape index (κ1) is 12.7. The fourth-order valence-electron chi connectivity index (χ4n) is 1.48. The summed E-state index contributed by atoms with van der Waals surface area (Å²) < 4.78 is 0. The van der Waals surface area contributed by atoms with E-state index in [0.717, 1.165) is 0 Å². The molecule has 0 saturated carbocycles. The van der Waals surface area contributed by atoms with Crippen LogP contribution in [0.2, 0.25) is 0 Å². The minimum atomic E-state index is 0.160. The molecule has 0 saturated heterocycles. The van der Waals surface area contributed by atoms with Gasteiger partial charge in [-0.1, -0.05) is 30.3 Å². The number of rotatable bonds is 5. The summed E-state index contributed by atoms with van der Waals surface area (Å²) in [5, 5.41) is 3.34. The molecular weight excluding hydrogens is 200 g/mol. The Bertz CT molecular complexity index is 322. The lowest BCUT2D eigenvalue weighted by atomic mass is 10.1. The molecule has 0 bridgehead atoms. The Morgan fingerprint density at radius 1 is 1.31 bits per heavy atom. The molecule has 1 N–H and O–H groups in total. The number of carbonyl (C=O) groups excluding carboxylic acids is 1. The van der Waals surface area contributed by atoms with Gasteiger partial charge in [-0.25, -0.2) is 0 Å². The summed E-state index contributed by atoms with van der Waals surface area (Å²) in [7, 11) is 3.56. The third-order valence-corrected chi connectivity index (χ3v) is 2.59. The summed E-state index contributed by atoms with van der Waals surface area (Å²) >= 11 is 0. The predicted octanol–water partition coefficient (Wildman–Crippen LogP) is 1.82. The van der Waals surface area contributed by atoms with Gasteiger partial charge in [0.05, 0.1) is 0 Å². The lowest BCUT2D eigenvalue weighted by Gasteiger charge is -2.15. The van der Waals surface area contributed by atoms with Crippen LogP contribution in [0, 0.1) is 0 Å². The normalized spacial score (nSPS) is 12.2. The van der Waals surface area contributed by atoms with E-state index in [0.29, 0.717) is 13.0 Å². The van der Waals surface area contributed by atoms with Gasteiger partial charge in [0, 0.05) is 33.1 Å². The molecule has 0 aliphatic heterocycles. The van der Waals surface area contributed by atoms with Crippen LogP contribution in [-0.4, -0.2) is 31.4 Å². The van der Waals surface area contributed by atoms with Crippen LogP contribution in [0.5, 0.6) is 0 Å². The molecule has 1 unspecified atom stereocenters. The van der Waals surface area contributed by atoms with Crippen LogP contribution in [0.3, 0.4) is 0 Å². The molecule has 1 rings (SSSR count). The van der Waals surface area contributed by atoms with E-state index in [4.69, 9.17) is 0 Å². The minimum Gasteiger partial charge on any atom is -0.349 e. The molecule has 88 valence electrons. The zero-order valence-electron chi connectivity index (χ0n) is 10.2. The van der Waals surface area contributed by atoms with Crippen LogP contribution >= 0.6 is 0 Å². The molecule has 1 aromatic rings. The highest BCUT2D eigenvalue weighted by molar-refractivity contribution is 5.75. The maximum Gasteiger partial charge on any atom is 0.223 e. The monoisotopic (exact) mass is 220 g/mol. The largest absolute Gasteiger partial charge is 0.349 e. The molecule has 0 aromatic heterocycles. The van der Waals surface area contributed by atoms with E-state index in [1.165, 1.54) is 5.56 Å². The fourth-order valence-corrected chi connectivity index (χ4v) is 1.48. The first-order valence-corrected chi connectivity index (χ1v) is 5.59. The Kier molecular flexibility index (Phi) is 4.99. The Hall–Kier alpha value is -1.35. The highest BCUT2D eigenvalue weighted by Crippen LogP contribution is 2.10. The summed E-state index contributed by atoms with van der Waals surface area (Å²) in [4.78, 5) is 13.0. The van der Waals surface area contributed by atoms with Crippen molar-refractivity contribution in [2.45, 2.75) is 19.4 Å². The predicted molar refractivity (Wildman–Crippen MR) is 66.2 cm³/mol. The SMILES string of the molecule is CC(NCCC(=O)N(C)C)c1ccccc1. The van der Waals surface area contributed by atoms with Gasteiger partial charge < -0.3 is 10.2 Å². The zero-order valence-corrected chi connectivity index (χ0v) is 10.2. The number of hydrogen-bond donors (Lipinski definition) is 1. The maximum absolute atomic E-state index is 11.3. The Labute approximate surface area is 97.5 Å². The number of carbonyl (C=O) groups is 1. The number of hydrogen-bond acceptors (Lipinski definition) is 2. The van der Waals surface area contributed by atoms with Crippen LogP contribution in [0.15, 0.2) is 30.3 Å². The average Bonchev–Trinajstić information content (AvgIpc) is 2.29. The standard InChI is InChI=1S/C13H20N2O/c1-11(12-7-5-4-6-8-12)14-10-9-13(16)15(2)3/h4-8,11,14H,9-10H2,1-3H3. The minimum absolute atomic E-state index is 0.160. The molecule has 0 spiro atoms. The van der Waals surface area contributed by atoms with Gasteiger partial charge in [-0.15, -0.1) is 0 Å². The maximum atomic E-state index is 11.3. The van der Waals surface area contributed by atoms with Crippen LogP contribution < -0.4 is 5.32 Å². The lowest BCUT2D eigenvalue weighted by Crippen LogP contribution is -2.28. The van der Waals surface area contributed by atoms with Crippen LogP contribution in [0.25, 0.3) is 0 Å². The molecule has 0 fully saturated rings. The van der Waals surface area contributed by atoms with Crippen LogP contribution in [-0.2, 0) is 4.79 Å². The molecular formula is C13H20N2O. The van der Waals surface area contributed by atoms with Crippen molar-refractivity contribution in [3.63, 3.8) is 0 Å². The third kappa shape index (κ3) is 4.03. The van der Waals surface area contributed by atoms with E-state index < -0.39 is 0 Å². The summed E-state index contributed by atoms with van der Waals surface area (Å²) in [5.74, 6) is 0.160. The summed E-state index contributed by atoms with van der Waals surface area (Å²) in [5.41, 5.74) is 1.25. The van der Waals surface area contributed by atoms with E-state index in [2.05, 4.69) is 24.4 Å². The third-order valence-electron chi connectivity index (χ3n) is 2.59. The topological polar surface area (TPSA) is 32.3 Å². The number of nitrogens with zero attached hydrogens (tertiary/aromatic N) is 1. The van der Waals surface area contributed by atoms with Crippen molar-refractivity contribution >= 4 is 5.91 Å². The highest BCUT2D eigenvalue weighted by atomic mass is 16.2. The summed E-state index contributed by atoms with van der Waals surface area (Å²) in [6.07, 6.45) is 0.546. The van der Waals surface area contributed by atoms with Gasteiger partial charge in [0.1, 0.15) is 0 Å². The Morgan fingerprint density at radius 2 is 1.94 bits per heavy atom. The van der Waals surface area contributed by atoms with E-state index in [1.54, 1.807) is 19.0 Å². The molecule has 1 amide bonds. The number of nitrogens with one attached hydrogen (secondary N) is 1. The second-order valence-electron chi connectivity index (χ2n) is 4.12. The quantitative estimate of drug-likeness (QED) is 0.821. The number of benzene rings is 1. The van der Waals surface area contributed by atoms with E-state index in [1.807, 2.05) is 18.2 Å². The van der Waals surface area contributed by atoms with E-state index in [9.17, 15) is 4.79 Å². The zero-order chi connectivity index (χ0) is 12.0. The number of amides is 1. The molecule has 0 radical (unpaired) electrons. The van der Waals surface area contributed by atoms with Gasteiger partial charge in [-0.3, -0.25) is 4.79 Å². The average molecular weight is 220 g/mol. The molecule has 0 heterocycles. The smallest absolute Gasteiger partial charge is 0.223 e. The van der Waals surface area contributed by atoms with Crippen molar-refractivity contribution in [2.24, 2.45) is 0 Å². The van der Waals surface area contributed by atoms with Crippen molar-refractivity contribution in [3.8, 4) is 0 Å². The van der Waals surface area contributed by atoms with Gasteiger partial charge in [0.2, 0.25) is 5.91 Å². The fraction of sp³-hybridized carbons (Fsp3) is 0.462. The molecule has 0 aliphatic carbocycles. The highest BCUT2D eigenvalue weighted by Gasteiger charge is 2.06. The molecule has 16 heavy (non-hydrogen) atoms. The second-order valence-corrected chi connectivity index (χ2v) is 4.12. The Balaban J connectivity index is 2.31. The van der Waals surface area contributed by atoms with Crippen molar-refractivity contribution < 1.29 is 4.79 Å². The van der Waals surface area contributed by atoms with E-state index in [-0.39, 0.29) is 11.9 Å². The first-order chi connectivity index (χ1) is 7.61. The van der Waals surface area contributed by atoms with Gasteiger partial charge in [-0.2, -0.15) is 0 Å². The van der Waals surface area contributed by atoms with Crippen molar-refractivity contribution in [3.05, 3.63) is 35.9 Å². The van der Waals surface area contributed by atoms with Crippen molar-refractivity contribution in [1.29, 1.82) is 0 Å². The molecule has 1 aromatic carbocycles. The van der Waals surface area contributed by atoms with Crippen LogP contribution in [0.1, 0.15) is 24.9 Å². The van der Waals surface area contributed by atoms with Gasteiger partial charge in [-0.05, 0) is 12.5 Å². The summed E-state index contributed by atoms with van der Waals surface area (Å²) in [6.45, 7) is 2.82. The van der Waals surface area contributed by atoms with Crippen LogP contribution in [0.4, 0.5) is 0 Å². The van der Waals surface area contributed by atoms with E-state index >= 15 is 0 Å². The lowest BCUT2D eigenvalue weighted by molar-refractivity contribution is -0.128. The van der Waals surface area contributed by atoms with Gasteiger partial charge in [0.15, 0.2) is 0 Å². The van der Waals surface area contributed by atoms with Gasteiger partial charge in [0.25, 0.3) is 0 Å². The second kappa shape index (κ2) is 6.28.